The molecular weight excluding hydrogens is 383 g/mol. The van der Waals surface area contributed by atoms with Crippen molar-refractivity contribution in [3.05, 3.63) is 58.3 Å². The van der Waals surface area contributed by atoms with Crippen LogP contribution >= 0.6 is 0 Å². The van der Waals surface area contributed by atoms with Gasteiger partial charge < -0.3 is 9.73 Å². The van der Waals surface area contributed by atoms with Crippen molar-refractivity contribution in [2.24, 2.45) is 0 Å². The molecule has 0 aliphatic rings. The predicted octanol–water partition coefficient (Wildman–Crippen LogP) is 2.73. The normalized spacial score (nSPS) is 12.0. The Bertz CT molecular complexity index is 1130. The van der Waals surface area contributed by atoms with Gasteiger partial charge in [0, 0.05) is 19.3 Å². The number of benzene rings is 2. The Morgan fingerprint density at radius 3 is 2.50 bits per heavy atom. The van der Waals surface area contributed by atoms with Gasteiger partial charge in [0.05, 0.1) is 11.3 Å². The Labute approximate surface area is 162 Å². The fourth-order valence-corrected chi connectivity index (χ4v) is 3.74. The zero-order chi connectivity index (χ0) is 20.3. The number of oxazole rings is 1. The maximum absolute atomic E-state index is 13.2. The largest absolute Gasteiger partial charge is 0.419 e. The molecule has 1 heterocycles. The van der Waals surface area contributed by atoms with E-state index in [0.717, 1.165) is 22.2 Å². The molecule has 2 aromatic carbocycles. The SMILES string of the molecule is Cc1c(-c2ccc(F)cc2)ccc2oc(=O)n(CCCNCCS(C)(=O)=O)c12. The summed E-state index contributed by atoms with van der Waals surface area (Å²) in [6.45, 7) is 3.33. The fraction of sp³-hybridized carbons (Fsp3) is 0.350. The molecule has 1 N–H and O–H groups in total. The predicted molar refractivity (Wildman–Crippen MR) is 108 cm³/mol. The van der Waals surface area contributed by atoms with Crippen molar-refractivity contribution in [3.8, 4) is 11.1 Å². The molecule has 0 amide bonds. The summed E-state index contributed by atoms with van der Waals surface area (Å²) >= 11 is 0. The Kier molecular flexibility index (Phi) is 6.00. The van der Waals surface area contributed by atoms with Crippen molar-refractivity contribution in [1.29, 1.82) is 0 Å². The first kappa shape index (κ1) is 20.3. The van der Waals surface area contributed by atoms with Gasteiger partial charge in [-0.3, -0.25) is 4.57 Å². The first-order valence-electron chi connectivity index (χ1n) is 9.03. The van der Waals surface area contributed by atoms with Gasteiger partial charge in [-0.05, 0) is 54.8 Å². The molecule has 0 spiro atoms. The minimum atomic E-state index is -2.99. The fourth-order valence-electron chi connectivity index (χ4n) is 3.22. The molecule has 3 aromatic rings. The molecule has 0 aliphatic heterocycles. The Balaban J connectivity index is 1.79. The molecule has 0 atom stereocenters. The third-order valence-electron chi connectivity index (χ3n) is 4.62. The van der Waals surface area contributed by atoms with Crippen LogP contribution in [0.2, 0.25) is 0 Å². The molecule has 28 heavy (non-hydrogen) atoms. The zero-order valence-corrected chi connectivity index (χ0v) is 16.7. The van der Waals surface area contributed by atoms with Crippen molar-refractivity contribution in [2.45, 2.75) is 19.9 Å². The highest BCUT2D eigenvalue weighted by atomic mass is 32.2. The number of nitrogens with one attached hydrogen (secondary N) is 1. The minimum Gasteiger partial charge on any atom is -0.408 e. The van der Waals surface area contributed by atoms with Crippen LogP contribution in [0.5, 0.6) is 0 Å². The van der Waals surface area contributed by atoms with E-state index in [-0.39, 0.29) is 11.6 Å². The Morgan fingerprint density at radius 2 is 1.82 bits per heavy atom. The van der Waals surface area contributed by atoms with Gasteiger partial charge in [0.15, 0.2) is 5.58 Å². The van der Waals surface area contributed by atoms with Crippen molar-refractivity contribution >= 4 is 20.9 Å². The lowest BCUT2D eigenvalue weighted by Gasteiger charge is -2.10. The van der Waals surface area contributed by atoms with Gasteiger partial charge in [0.25, 0.3) is 0 Å². The minimum absolute atomic E-state index is 0.0850. The molecule has 0 radical (unpaired) electrons. The van der Waals surface area contributed by atoms with Crippen LogP contribution in [0, 0.1) is 12.7 Å². The summed E-state index contributed by atoms with van der Waals surface area (Å²) < 4.78 is 42.4. The zero-order valence-electron chi connectivity index (χ0n) is 15.9. The topological polar surface area (TPSA) is 81.3 Å². The van der Waals surface area contributed by atoms with E-state index in [1.807, 2.05) is 13.0 Å². The number of hydrogen-bond acceptors (Lipinski definition) is 5. The molecule has 0 fully saturated rings. The number of hydrogen-bond donors (Lipinski definition) is 1. The van der Waals surface area contributed by atoms with Crippen LogP contribution in [0.4, 0.5) is 4.39 Å². The van der Waals surface area contributed by atoms with Crippen LogP contribution < -0.4 is 11.1 Å². The van der Waals surface area contributed by atoms with Gasteiger partial charge in [0.2, 0.25) is 0 Å². The first-order chi connectivity index (χ1) is 13.3. The van der Waals surface area contributed by atoms with Crippen LogP contribution in [0.15, 0.2) is 45.6 Å². The van der Waals surface area contributed by atoms with Crippen molar-refractivity contribution in [3.63, 3.8) is 0 Å². The second-order valence-corrected chi connectivity index (χ2v) is 9.10. The third-order valence-corrected chi connectivity index (χ3v) is 5.57. The van der Waals surface area contributed by atoms with E-state index >= 15 is 0 Å². The molecular formula is C20H23FN2O4S. The molecule has 0 saturated heterocycles. The number of fused-ring (bicyclic) bond motifs is 1. The van der Waals surface area contributed by atoms with E-state index in [1.54, 1.807) is 22.8 Å². The summed E-state index contributed by atoms with van der Waals surface area (Å²) in [6.07, 6.45) is 1.85. The van der Waals surface area contributed by atoms with Crippen molar-refractivity contribution in [1.82, 2.24) is 9.88 Å². The van der Waals surface area contributed by atoms with E-state index in [0.29, 0.717) is 31.6 Å². The smallest absolute Gasteiger partial charge is 0.408 e. The van der Waals surface area contributed by atoms with Crippen LogP contribution in [0.25, 0.3) is 22.2 Å². The molecule has 0 unspecified atom stereocenters. The van der Waals surface area contributed by atoms with Crippen LogP contribution in [0.3, 0.4) is 0 Å². The summed E-state index contributed by atoms with van der Waals surface area (Å²) in [4.78, 5) is 12.3. The number of aromatic nitrogens is 1. The lowest BCUT2D eigenvalue weighted by Crippen LogP contribution is -2.25. The van der Waals surface area contributed by atoms with E-state index in [4.69, 9.17) is 4.42 Å². The van der Waals surface area contributed by atoms with Gasteiger partial charge >= 0.3 is 5.76 Å². The standard InChI is InChI=1S/C20H23FN2O4S/c1-14-17(15-4-6-16(21)7-5-15)8-9-18-19(14)23(20(24)27-18)12-3-10-22-11-13-28(2,25)26/h4-9,22H,3,10-13H2,1-2H3. The molecule has 0 aliphatic carbocycles. The summed E-state index contributed by atoms with van der Waals surface area (Å²) in [6, 6.07) is 9.84. The number of nitrogens with zero attached hydrogens (tertiary/aromatic N) is 1. The van der Waals surface area contributed by atoms with Gasteiger partial charge in [-0.15, -0.1) is 0 Å². The average molecular weight is 406 g/mol. The molecule has 0 saturated carbocycles. The van der Waals surface area contributed by atoms with E-state index in [9.17, 15) is 17.6 Å². The molecule has 150 valence electrons. The number of halogens is 1. The monoisotopic (exact) mass is 406 g/mol. The summed E-state index contributed by atoms with van der Waals surface area (Å²) in [7, 11) is -2.99. The highest BCUT2D eigenvalue weighted by Gasteiger charge is 2.15. The summed E-state index contributed by atoms with van der Waals surface area (Å²) in [5.74, 6) is -0.640. The molecule has 6 nitrogen and oxygen atoms in total. The molecule has 1 aromatic heterocycles. The lowest BCUT2D eigenvalue weighted by molar-refractivity contribution is 0.492. The molecule has 0 bridgehead atoms. The lowest BCUT2D eigenvalue weighted by atomic mass is 9.99. The highest BCUT2D eigenvalue weighted by Crippen LogP contribution is 2.29. The number of aryl methyl sites for hydroxylation is 2. The molecule has 3 rings (SSSR count). The first-order valence-corrected chi connectivity index (χ1v) is 11.1. The summed E-state index contributed by atoms with van der Waals surface area (Å²) in [5, 5.41) is 3.07. The van der Waals surface area contributed by atoms with Crippen LogP contribution in [-0.4, -0.2) is 38.1 Å². The van der Waals surface area contributed by atoms with Crippen molar-refractivity contribution < 1.29 is 17.2 Å². The molecule has 8 heteroatoms. The van der Waals surface area contributed by atoms with Crippen molar-refractivity contribution in [2.75, 3.05) is 25.1 Å². The highest BCUT2D eigenvalue weighted by molar-refractivity contribution is 7.90. The number of rotatable bonds is 8. The Morgan fingerprint density at radius 1 is 1.11 bits per heavy atom. The van der Waals surface area contributed by atoms with Gasteiger partial charge in [-0.25, -0.2) is 17.6 Å². The number of sulfone groups is 1. The Hall–Kier alpha value is -2.45. The van der Waals surface area contributed by atoms with Crippen LogP contribution in [-0.2, 0) is 16.4 Å². The quantitative estimate of drug-likeness (QED) is 0.582. The second-order valence-electron chi connectivity index (χ2n) is 6.84. The van der Waals surface area contributed by atoms with E-state index < -0.39 is 15.6 Å². The average Bonchev–Trinajstić information content (AvgIpc) is 2.95. The third kappa shape index (κ3) is 4.69. The van der Waals surface area contributed by atoms with E-state index in [2.05, 4.69) is 5.32 Å². The summed E-state index contributed by atoms with van der Waals surface area (Å²) in [5.41, 5.74) is 3.90. The maximum Gasteiger partial charge on any atom is 0.419 e. The van der Waals surface area contributed by atoms with E-state index in [1.165, 1.54) is 18.4 Å². The van der Waals surface area contributed by atoms with Gasteiger partial charge in [-0.2, -0.15) is 0 Å². The van der Waals surface area contributed by atoms with Gasteiger partial charge in [-0.1, -0.05) is 18.2 Å². The maximum atomic E-state index is 13.2. The second kappa shape index (κ2) is 8.28. The van der Waals surface area contributed by atoms with Crippen LogP contribution in [0.1, 0.15) is 12.0 Å². The van der Waals surface area contributed by atoms with Gasteiger partial charge in [0.1, 0.15) is 15.7 Å².